The number of nitrogens with zero attached hydrogens (tertiary/aromatic N) is 4. The van der Waals surface area contributed by atoms with Crippen molar-refractivity contribution in [2.75, 3.05) is 39.8 Å². The van der Waals surface area contributed by atoms with Crippen LogP contribution in [0.1, 0.15) is 18.9 Å². The minimum absolute atomic E-state index is 0.0222. The van der Waals surface area contributed by atoms with E-state index in [1.165, 1.54) is 6.92 Å². The van der Waals surface area contributed by atoms with Gasteiger partial charge in [0.05, 0.1) is 0 Å². The third-order valence-corrected chi connectivity index (χ3v) is 4.29. The van der Waals surface area contributed by atoms with Crippen molar-refractivity contribution in [2.24, 2.45) is 0 Å². The number of hydrogen-bond acceptors (Lipinski definition) is 4. The predicted molar refractivity (Wildman–Crippen MR) is 89.0 cm³/mol. The van der Waals surface area contributed by atoms with Gasteiger partial charge in [-0.25, -0.2) is 0 Å². The number of piperazine rings is 1. The molecule has 0 aliphatic carbocycles. The highest BCUT2D eigenvalue weighted by Gasteiger charge is 2.24. The van der Waals surface area contributed by atoms with E-state index in [2.05, 4.69) is 4.98 Å². The number of carbonyl (C=O) groups excluding carboxylic acids is 3. The molecule has 0 aromatic carbocycles. The standard InChI is InChI=1S/C17H24N4O3/c1-14(22)20-9-11-21(12-10-20)17(24)13-16(23)19(2)8-5-15-3-6-18-7-4-15/h3-4,6-7H,5,8-13H2,1-2H3. The molecule has 1 saturated heterocycles. The predicted octanol–water partition coefficient (Wildman–Crippen LogP) is 0.163. The molecule has 0 atom stereocenters. The second kappa shape index (κ2) is 8.42. The van der Waals surface area contributed by atoms with E-state index in [9.17, 15) is 14.4 Å². The van der Waals surface area contributed by atoms with Crippen molar-refractivity contribution >= 4 is 17.7 Å². The molecule has 24 heavy (non-hydrogen) atoms. The van der Waals surface area contributed by atoms with Crippen LogP contribution in [-0.4, -0.2) is 77.2 Å². The van der Waals surface area contributed by atoms with E-state index in [1.54, 1.807) is 34.1 Å². The molecule has 0 unspecified atom stereocenters. The zero-order chi connectivity index (χ0) is 17.5. The first-order chi connectivity index (χ1) is 11.5. The molecule has 0 radical (unpaired) electrons. The maximum Gasteiger partial charge on any atom is 0.232 e. The highest BCUT2D eigenvalue weighted by atomic mass is 16.2. The van der Waals surface area contributed by atoms with Crippen molar-refractivity contribution in [1.82, 2.24) is 19.7 Å². The number of pyridine rings is 1. The molecular formula is C17H24N4O3. The Hall–Kier alpha value is -2.44. The van der Waals surface area contributed by atoms with Crippen LogP contribution in [0.4, 0.5) is 0 Å². The molecule has 0 N–H and O–H groups in total. The van der Waals surface area contributed by atoms with Crippen LogP contribution in [0.3, 0.4) is 0 Å². The van der Waals surface area contributed by atoms with Gasteiger partial charge in [0, 0.05) is 59.1 Å². The summed E-state index contributed by atoms with van der Waals surface area (Å²) in [5.41, 5.74) is 1.11. The molecule has 0 bridgehead atoms. The van der Waals surface area contributed by atoms with Crippen LogP contribution in [0.25, 0.3) is 0 Å². The van der Waals surface area contributed by atoms with Crippen LogP contribution in [0, 0.1) is 0 Å². The first-order valence-corrected chi connectivity index (χ1v) is 8.13. The van der Waals surface area contributed by atoms with Gasteiger partial charge in [0.15, 0.2) is 0 Å². The third kappa shape index (κ3) is 5.04. The summed E-state index contributed by atoms with van der Waals surface area (Å²) in [6.45, 7) is 4.14. The largest absolute Gasteiger partial charge is 0.345 e. The lowest BCUT2D eigenvalue weighted by molar-refractivity contribution is -0.143. The zero-order valence-electron chi connectivity index (χ0n) is 14.3. The van der Waals surface area contributed by atoms with Crippen molar-refractivity contribution < 1.29 is 14.4 Å². The van der Waals surface area contributed by atoms with Gasteiger partial charge in [0.25, 0.3) is 0 Å². The van der Waals surface area contributed by atoms with Crippen LogP contribution in [-0.2, 0) is 20.8 Å². The second-order valence-electron chi connectivity index (χ2n) is 5.98. The first-order valence-electron chi connectivity index (χ1n) is 8.13. The zero-order valence-corrected chi connectivity index (χ0v) is 14.3. The number of likely N-dealkylation sites (N-methyl/N-ethyl adjacent to an activating group) is 1. The van der Waals surface area contributed by atoms with Crippen molar-refractivity contribution in [2.45, 2.75) is 19.8 Å². The van der Waals surface area contributed by atoms with Crippen molar-refractivity contribution in [3.63, 3.8) is 0 Å². The van der Waals surface area contributed by atoms with E-state index in [0.717, 1.165) is 12.0 Å². The molecule has 0 saturated carbocycles. The van der Waals surface area contributed by atoms with Crippen LogP contribution in [0.2, 0.25) is 0 Å². The number of amides is 3. The van der Waals surface area contributed by atoms with Gasteiger partial charge in [-0.1, -0.05) is 0 Å². The molecule has 1 aromatic rings. The summed E-state index contributed by atoms with van der Waals surface area (Å²) < 4.78 is 0. The van der Waals surface area contributed by atoms with E-state index in [-0.39, 0.29) is 24.1 Å². The summed E-state index contributed by atoms with van der Waals surface area (Å²) in [5.74, 6) is -0.323. The van der Waals surface area contributed by atoms with Gasteiger partial charge in [-0.2, -0.15) is 0 Å². The minimum Gasteiger partial charge on any atom is -0.345 e. The highest BCUT2D eigenvalue weighted by molar-refractivity contribution is 5.96. The van der Waals surface area contributed by atoms with Crippen LogP contribution < -0.4 is 0 Å². The molecule has 1 aliphatic heterocycles. The summed E-state index contributed by atoms with van der Waals surface area (Å²) in [6, 6.07) is 3.83. The fraction of sp³-hybridized carbons (Fsp3) is 0.529. The number of hydrogen-bond donors (Lipinski definition) is 0. The average Bonchev–Trinajstić information content (AvgIpc) is 2.60. The number of aromatic nitrogens is 1. The lowest BCUT2D eigenvalue weighted by Gasteiger charge is -2.34. The second-order valence-corrected chi connectivity index (χ2v) is 5.98. The Morgan fingerprint density at radius 1 is 1.08 bits per heavy atom. The Bertz CT molecular complexity index is 583. The van der Waals surface area contributed by atoms with Gasteiger partial charge in [0.2, 0.25) is 17.7 Å². The van der Waals surface area contributed by atoms with E-state index in [4.69, 9.17) is 0 Å². The molecule has 3 amide bonds. The topological polar surface area (TPSA) is 73.8 Å². The average molecular weight is 332 g/mol. The van der Waals surface area contributed by atoms with Gasteiger partial charge < -0.3 is 14.7 Å². The lowest BCUT2D eigenvalue weighted by atomic mass is 10.2. The molecule has 2 heterocycles. The monoisotopic (exact) mass is 332 g/mol. The molecule has 7 heteroatoms. The fourth-order valence-corrected chi connectivity index (χ4v) is 2.62. The Morgan fingerprint density at radius 3 is 2.25 bits per heavy atom. The molecule has 0 spiro atoms. The molecule has 1 aliphatic rings. The van der Waals surface area contributed by atoms with E-state index in [1.807, 2.05) is 12.1 Å². The van der Waals surface area contributed by atoms with E-state index < -0.39 is 0 Å². The summed E-state index contributed by atoms with van der Waals surface area (Å²) in [5, 5.41) is 0. The smallest absolute Gasteiger partial charge is 0.232 e. The normalized spacial score (nSPS) is 14.4. The summed E-state index contributed by atoms with van der Waals surface area (Å²) in [7, 11) is 1.71. The molecule has 1 fully saturated rings. The van der Waals surface area contributed by atoms with Gasteiger partial charge in [-0.05, 0) is 24.1 Å². The number of carbonyl (C=O) groups is 3. The SMILES string of the molecule is CC(=O)N1CCN(C(=O)CC(=O)N(C)CCc2ccncc2)CC1. The van der Waals surface area contributed by atoms with Crippen LogP contribution in [0.5, 0.6) is 0 Å². The lowest BCUT2D eigenvalue weighted by Crippen LogP contribution is -2.50. The van der Waals surface area contributed by atoms with Crippen molar-refractivity contribution in [3.8, 4) is 0 Å². The minimum atomic E-state index is -0.178. The first kappa shape index (κ1) is 17.9. The maximum absolute atomic E-state index is 12.2. The third-order valence-electron chi connectivity index (χ3n) is 4.29. The van der Waals surface area contributed by atoms with Crippen molar-refractivity contribution in [3.05, 3.63) is 30.1 Å². The maximum atomic E-state index is 12.2. The van der Waals surface area contributed by atoms with Gasteiger partial charge in [-0.15, -0.1) is 0 Å². The fourth-order valence-electron chi connectivity index (χ4n) is 2.62. The van der Waals surface area contributed by atoms with Crippen LogP contribution >= 0.6 is 0 Å². The van der Waals surface area contributed by atoms with Gasteiger partial charge in [0.1, 0.15) is 6.42 Å². The highest BCUT2D eigenvalue weighted by Crippen LogP contribution is 2.06. The molecule has 2 rings (SSSR count). The van der Waals surface area contributed by atoms with E-state index >= 15 is 0 Å². The van der Waals surface area contributed by atoms with Crippen LogP contribution in [0.15, 0.2) is 24.5 Å². The Kier molecular flexibility index (Phi) is 6.28. The van der Waals surface area contributed by atoms with Gasteiger partial charge in [-0.3, -0.25) is 19.4 Å². The Morgan fingerprint density at radius 2 is 1.67 bits per heavy atom. The molecule has 7 nitrogen and oxygen atoms in total. The molecule has 130 valence electrons. The van der Waals surface area contributed by atoms with Gasteiger partial charge >= 0.3 is 0 Å². The Labute approximate surface area is 142 Å². The summed E-state index contributed by atoms with van der Waals surface area (Å²) in [4.78, 5) is 44.6. The Balaban J connectivity index is 1.75. The quantitative estimate of drug-likeness (QED) is 0.720. The van der Waals surface area contributed by atoms with Crippen molar-refractivity contribution in [1.29, 1.82) is 0 Å². The van der Waals surface area contributed by atoms with E-state index in [0.29, 0.717) is 32.7 Å². The summed E-state index contributed by atoms with van der Waals surface area (Å²) >= 11 is 0. The number of rotatable bonds is 5. The molecule has 1 aromatic heterocycles. The molecular weight excluding hydrogens is 308 g/mol. The summed E-state index contributed by atoms with van der Waals surface area (Å²) in [6.07, 6.45) is 4.06.